The van der Waals surface area contributed by atoms with Gasteiger partial charge in [0.15, 0.2) is 0 Å². The minimum Gasteiger partial charge on any atom is -0.248 e. The summed E-state index contributed by atoms with van der Waals surface area (Å²) in [4.78, 5) is 29.1. The van der Waals surface area contributed by atoms with Gasteiger partial charge in [0.1, 0.15) is 5.82 Å². The van der Waals surface area contributed by atoms with E-state index < -0.39 is 11.4 Å². The van der Waals surface area contributed by atoms with Crippen LogP contribution in [0.4, 0.5) is 0 Å². The molecule has 0 atom stereocenters. The predicted molar refractivity (Wildman–Crippen MR) is 83.2 cm³/mol. The minimum atomic E-state index is -0.591. The van der Waals surface area contributed by atoms with Gasteiger partial charge in [-0.1, -0.05) is 35.9 Å². The van der Waals surface area contributed by atoms with Crippen LogP contribution in [0.3, 0.4) is 0 Å². The monoisotopic (exact) mass is 311 g/mol. The summed E-state index contributed by atoms with van der Waals surface area (Å²) in [6, 6.07) is 14.1. The van der Waals surface area contributed by atoms with E-state index >= 15 is 0 Å². The van der Waals surface area contributed by atoms with Gasteiger partial charge in [0.05, 0.1) is 11.4 Å². The molecule has 3 aromatic rings. The molecule has 0 amide bonds. The molecule has 6 heteroatoms. The highest BCUT2D eigenvalue weighted by Crippen LogP contribution is 2.23. The summed E-state index contributed by atoms with van der Waals surface area (Å²) in [6.45, 7) is 0. The lowest BCUT2D eigenvalue weighted by molar-refractivity contribution is 0.724. The highest BCUT2D eigenvalue weighted by Gasteiger charge is 2.23. The van der Waals surface area contributed by atoms with E-state index in [4.69, 9.17) is 11.6 Å². The van der Waals surface area contributed by atoms with Crippen molar-refractivity contribution in [2.75, 3.05) is 0 Å². The summed E-state index contributed by atoms with van der Waals surface area (Å²) < 4.78 is 2.52. The fourth-order valence-electron chi connectivity index (χ4n) is 2.75. The van der Waals surface area contributed by atoms with Gasteiger partial charge in [-0.3, -0.25) is 0 Å². The molecule has 0 fully saturated rings. The molecule has 1 aliphatic heterocycles. The first kappa shape index (κ1) is 13.0. The molecule has 0 bridgehead atoms. The standard InChI is InChI=1S/C16H10ClN3O2/c17-11-5-3-6-12(9-11)19-15(21)18-14-8-10-4-1-2-7-13(10)20(14)16(19)22/h1-7,9H,8H2. The van der Waals surface area contributed by atoms with Gasteiger partial charge in [-0.2, -0.15) is 4.98 Å². The van der Waals surface area contributed by atoms with Gasteiger partial charge in [-0.25, -0.2) is 18.7 Å². The van der Waals surface area contributed by atoms with E-state index in [-0.39, 0.29) is 0 Å². The molecule has 108 valence electrons. The minimum absolute atomic E-state index is 0.412. The fourth-order valence-corrected chi connectivity index (χ4v) is 2.93. The van der Waals surface area contributed by atoms with E-state index in [1.165, 1.54) is 4.57 Å². The summed E-state index contributed by atoms with van der Waals surface area (Å²) in [5.41, 5.74) is 1.14. The lowest BCUT2D eigenvalue weighted by Gasteiger charge is -2.09. The Morgan fingerprint density at radius 3 is 2.64 bits per heavy atom. The van der Waals surface area contributed by atoms with Crippen molar-refractivity contribution >= 4 is 11.6 Å². The second-order valence-electron chi connectivity index (χ2n) is 5.05. The van der Waals surface area contributed by atoms with E-state index in [2.05, 4.69) is 4.98 Å². The van der Waals surface area contributed by atoms with Gasteiger partial charge < -0.3 is 0 Å². The first-order valence-electron chi connectivity index (χ1n) is 6.74. The van der Waals surface area contributed by atoms with Crippen molar-refractivity contribution in [2.45, 2.75) is 6.42 Å². The van der Waals surface area contributed by atoms with Crippen LogP contribution in [-0.2, 0) is 6.42 Å². The lowest BCUT2D eigenvalue weighted by Crippen LogP contribution is -2.40. The molecule has 1 aromatic heterocycles. The van der Waals surface area contributed by atoms with E-state index in [1.807, 2.05) is 24.3 Å². The second kappa shape index (κ2) is 4.68. The molecule has 0 aliphatic carbocycles. The SMILES string of the molecule is O=c1nc2n(c(=O)n1-c1cccc(Cl)c1)-c1ccccc1C2. The van der Waals surface area contributed by atoms with Crippen LogP contribution < -0.4 is 11.4 Å². The van der Waals surface area contributed by atoms with Crippen LogP contribution in [-0.4, -0.2) is 14.1 Å². The topological polar surface area (TPSA) is 56.9 Å². The van der Waals surface area contributed by atoms with Crippen LogP contribution in [0.25, 0.3) is 11.4 Å². The van der Waals surface area contributed by atoms with Crippen LogP contribution in [0, 0.1) is 0 Å². The Labute approximate surface area is 130 Å². The fraction of sp³-hybridized carbons (Fsp3) is 0.0625. The van der Waals surface area contributed by atoms with Gasteiger partial charge in [0.2, 0.25) is 0 Å². The number of aromatic nitrogens is 3. The van der Waals surface area contributed by atoms with Gasteiger partial charge in [0.25, 0.3) is 0 Å². The van der Waals surface area contributed by atoms with Crippen LogP contribution in [0.2, 0.25) is 5.02 Å². The maximum absolute atomic E-state index is 12.8. The number of rotatable bonds is 1. The predicted octanol–water partition coefficient (Wildman–Crippen LogP) is 1.94. The second-order valence-corrected chi connectivity index (χ2v) is 5.49. The zero-order chi connectivity index (χ0) is 15.3. The average Bonchev–Trinajstić information content (AvgIpc) is 2.85. The first-order valence-corrected chi connectivity index (χ1v) is 7.12. The molecule has 0 unspecified atom stereocenters. The number of hydrogen-bond donors (Lipinski definition) is 0. The van der Waals surface area contributed by atoms with Crippen LogP contribution in [0.1, 0.15) is 11.4 Å². The third kappa shape index (κ3) is 1.83. The lowest BCUT2D eigenvalue weighted by atomic mass is 10.2. The number of para-hydroxylation sites is 1. The normalized spacial score (nSPS) is 12.0. The number of halogens is 1. The Morgan fingerprint density at radius 2 is 1.82 bits per heavy atom. The van der Waals surface area contributed by atoms with Crippen molar-refractivity contribution in [3.8, 4) is 11.4 Å². The third-order valence-electron chi connectivity index (χ3n) is 3.70. The highest BCUT2D eigenvalue weighted by molar-refractivity contribution is 6.30. The molecule has 0 saturated carbocycles. The Balaban J connectivity index is 2.05. The molecule has 0 saturated heterocycles. The highest BCUT2D eigenvalue weighted by atomic mass is 35.5. The van der Waals surface area contributed by atoms with Crippen molar-refractivity contribution in [3.05, 3.63) is 85.9 Å². The van der Waals surface area contributed by atoms with E-state index in [1.54, 1.807) is 24.3 Å². The molecule has 0 radical (unpaired) electrons. The van der Waals surface area contributed by atoms with Crippen molar-refractivity contribution in [1.82, 2.24) is 14.1 Å². The van der Waals surface area contributed by atoms with E-state index in [0.29, 0.717) is 23.0 Å². The van der Waals surface area contributed by atoms with Gasteiger partial charge in [-0.05, 0) is 29.8 Å². The molecule has 2 aromatic carbocycles. The Kier molecular flexibility index (Phi) is 2.77. The van der Waals surface area contributed by atoms with Gasteiger partial charge in [-0.15, -0.1) is 0 Å². The maximum atomic E-state index is 12.8. The molecule has 1 aliphatic rings. The average molecular weight is 312 g/mol. The molecule has 0 N–H and O–H groups in total. The number of hydrogen-bond acceptors (Lipinski definition) is 3. The number of benzene rings is 2. The van der Waals surface area contributed by atoms with Crippen molar-refractivity contribution in [1.29, 1.82) is 0 Å². The largest absolute Gasteiger partial charge is 0.358 e. The van der Waals surface area contributed by atoms with Crippen molar-refractivity contribution in [3.63, 3.8) is 0 Å². The summed E-state index contributed by atoms with van der Waals surface area (Å²) in [5.74, 6) is 0.467. The number of nitrogens with zero attached hydrogens (tertiary/aromatic N) is 3. The number of fused-ring (bicyclic) bond motifs is 3. The maximum Gasteiger partial charge on any atom is 0.358 e. The van der Waals surface area contributed by atoms with Crippen LogP contribution in [0.5, 0.6) is 0 Å². The molecule has 22 heavy (non-hydrogen) atoms. The zero-order valence-electron chi connectivity index (χ0n) is 11.4. The van der Waals surface area contributed by atoms with Crippen molar-refractivity contribution < 1.29 is 0 Å². The summed E-state index contributed by atoms with van der Waals surface area (Å²) in [5, 5.41) is 0.453. The molecule has 4 rings (SSSR count). The summed E-state index contributed by atoms with van der Waals surface area (Å²) >= 11 is 5.95. The summed E-state index contributed by atoms with van der Waals surface area (Å²) in [7, 11) is 0. The van der Waals surface area contributed by atoms with E-state index in [9.17, 15) is 9.59 Å². The Bertz CT molecular complexity index is 1020. The smallest absolute Gasteiger partial charge is 0.248 e. The Hall–Kier alpha value is -2.66. The van der Waals surface area contributed by atoms with Crippen LogP contribution >= 0.6 is 11.6 Å². The molecule has 5 nitrogen and oxygen atoms in total. The van der Waals surface area contributed by atoms with Gasteiger partial charge >= 0.3 is 11.4 Å². The quantitative estimate of drug-likeness (QED) is 0.540. The Morgan fingerprint density at radius 1 is 1.00 bits per heavy atom. The molecular formula is C16H10ClN3O2. The van der Waals surface area contributed by atoms with Crippen molar-refractivity contribution in [2.24, 2.45) is 0 Å². The zero-order valence-corrected chi connectivity index (χ0v) is 12.1. The van der Waals surface area contributed by atoms with E-state index in [0.717, 1.165) is 15.8 Å². The summed E-state index contributed by atoms with van der Waals surface area (Å²) in [6.07, 6.45) is 0.483. The molecular weight excluding hydrogens is 302 g/mol. The van der Waals surface area contributed by atoms with Crippen LogP contribution in [0.15, 0.2) is 58.1 Å². The molecule has 0 spiro atoms. The van der Waals surface area contributed by atoms with Gasteiger partial charge in [0, 0.05) is 11.4 Å². The third-order valence-corrected chi connectivity index (χ3v) is 3.94. The first-order chi connectivity index (χ1) is 10.6. The molecule has 2 heterocycles.